The molecule has 2 aliphatic rings. The van der Waals surface area contributed by atoms with Crippen LogP contribution < -0.4 is 25.4 Å². The number of hydrogen-bond donors (Lipinski definition) is 2. The first kappa shape index (κ1) is 16.2. The SMILES string of the molecule is COc1cc2nc(N3CCN[C@H]4CCCC[C@@H]43)nc(N)c2cc1OC. The van der Waals surface area contributed by atoms with Gasteiger partial charge in [0.25, 0.3) is 0 Å². The first-order valence-electron chi connectivity index (χ1n) is 8.90. The van der Waals surface area contributed by atoms with Crippen molar-refractivity contribution in [3.8, 4) is 11.5 Å². The van der Waals surface area contributed by atoms with Crippen LogP contribution in [0.3, 0.4) is 0 Å². The highest BCUT2D eigenvalue weighted by molar-refractivity contribution is 5.91. The van der Waals surface area contributed by atoms with Crippen LogP contribution in [0.25, 0.3) is 10.9 Å². The molecule has 0 unspecified atom stereocenters. The first-order chi connectivity index (χ1) is 12.2. The smallest absolute Gasteiger partial charge is 0.228 e. The monoisotopic (exact) mass is 343 g/mol. The zero-order valence-electron chi connectivity index (χ0n) is 14.8. The number of methoxy groups -OCH3 is 2. The highest BCUT2D eigenvalue weighted by Gasteiger charge is 2.34. The van der Waals surface area contributed by atoms with Crippen molar-refractivity contribution in [2.45, 2.75) is 37.8 Å². The number of aromatic nitrogens is 2. The lowest BCUT2D eigenvalue weighted by Gasteiger charge is -2.44. The molecule has 1 aromatic heterocycles. The Balaban J connectivity index is 1.77. The maximum atomic E-state index is 6.26. The maximum Gasteiger partial charge on any atom is 0.228 e. The summed E-state index contributed by atoms with van der Waals surface area (Å²) >= 11 is 0. The molecule has 2 heterocycles. The second kappa shape index (κ2) is 6.55. The lowest BCUT2D eigenvalue weighted by atomic mass is 9.88. The second-order valence-electron chi connectivity index (χ2n) is 6.74. The Morgan fingerprint density at radius 2 is 1.88 bits per heavy atom. The highest BCUT2D eigenvalue weighted by atomic mass is 16.5. The van der Waals surface area contributed by atoms with Gasteiger partial charge in [0.1, 0.15) is 5.82 Å². The van der Waals surface area contributed by atoms with Gasteiger partial charge < -0.3 is 25.4 Å². The van der Waals surface area contributed by atoms with Crippen LogP contribution >= 0.6 is 0 Å². The lowest BCUT2D eigenvalue weighted by molar-refractivity contribution is 0.282. The van der Waals surface area contributed by atoms with E-state index in [4.69, 9.17) is 20.2 Å². The van der Waals surface area contributed by atoms with E-state index in [9.17, 15) is 0 Å². The predicted octanol–water partition coefficient (Wildman–Crippen LogP) is 1.95. The van der Waals surface area contributed by atoms with E-state index in [1.165, 1.54) is 25.7 Å². The van der Waals surface area contributed by atoms with E-state index in [1.807, 2.05) is 12.1 Å². The van der Waals surface area contributed by atoms with E-state index >= 15 is 0 Å². The Labute approximate surface area is 147 Å². The van der Waals surface area contributed by atoms with Gasteiger partial charge in [-0.25, -0.2) is 4.98 Å². The fraction of sp³-hybridized carbons (Fsp3) is 0.556. The zero-order valence-corrected chi connectivity index (χ0v) is 14.8. The van der Waals surface area contributed by atoms with Crippen molar-refractivity contribution in [1.82, 2.24) is 15.3 Å². The molecule has 0 amide bonds. The van der Waals surface area contributed by atoms with Crippen molar-refractivity contribution < 1.29 is 9.47 Å². The number of ether oxygens (including phenoxy) is 2. The van der Waals surface area contributed by atoms with Crippen molar-refractivity contribution in [2.24, 2.45) is 0 Å². The summed E-state index contributed by atoms with van der Waals surface area (Å²) in [6, 6.07) is 4.68. The van der Waals surface area contributed by atoms with Crippen LogP contribution in [-0.4, -0.2) is 49.4 Å². The van der Waals surface area contributed by atoms with Gasteiger partial charge in [-0.05, 0) is 18.9 Å². The van der Waals surface area contributed by atoms with Crippen LogP contribution in [0.1, 0.15) is 25.7 Å². The summed E-state index contributed by atoms with van der Waals surface area (Å²) in [5.74, 6) is 2.48. The van der Waals surface area contributed by atoms with Gasteiger partial charge in [-0.15, -0.1) is 0 Å². The van der Waals surface area contributed by atoms with Crippen molar-refractivity contribution in [3.63, 3.8) is 0 Å². The van der Waals surface area contributed by atoms with E-state index in [1.54, 1.807) is 14.2 Å². The summed E-state index contributed by atoms with van der Waals surface area (Å²) < 4.78 is 10.8. The van der Waals surface area contributed by atoms with Gasteiger partial charge in [-0.3, -0.25) is 0 Å². The molecule has 3 N–H and O–H groups in total. The summed E-state index contributed by atoms with van der Waals surface area (Å²) in [5, 5.41) is 4.43. The Morgan fingerprint density at radius 1 is 1.12 bits per heavy atom. The van der Waals surface area contributed by atoms with E-state index in [0.717, 1.165) is 29.9 Å². The molecule has 1 aromatic carbocycles. The number of nitrogens with two attached hydrogens (primary N) is 1. The summed E-state index contributed by atoms with van der Waals surface area (Å²) in [6.07, 6.45) is 4.94. The van der Waals surface area contributed by atoms with Crippen molar-refractivity contribution in [3.05, 3.63) is 12.1 Å². The predicted molar refractivity (Wildman–Crippen MR) is 98.4 cm³/mol. The van der Waals surface area contributed by atoms with E-state index < -0.39 is 0 Å². The summed E-state index contributed by atoms with van der Waals surface area (Å²) in [6.45, 7) is 1.85. The summed E-state index contributed by atoms with van der Waals surface area (Å²) in [7, 11) is 3.23. The molecular weight excluding hydrogens is 318 g/mol. The quantitative estimate of drug-likeness (QED) is 0.881. The van der Waals surface area contributed by atoms with Gasteiger partial charge in [-0.2, -0.15) is 4.98 Å². The molecule has 1 saturated heterocycles. The first-order valence-corrected chi connectivity index (χ1v) is 8.90. The van der Waals surface area contributed by atoms with Gasteiger partial charge in [0.2, 0.25) is 5.95 Å². The van der Waals surface area contributed by atoms with Crippen molar-refractivity contribution in [2.75, 3.05) is 37.9 Å². The maximum absolute atomic E-state index is 6.26. The van der Waals surface area contributed by atoms with Crippen LogP contribution in [0.15, 0.2) is 12.1 Å². The Hall–Kier alpha value is -2.28. The number of hydrogen-bond acceptors (Lipinski definition) is 7. The molecular formula is C18H25N5O2. The third-order valence-electron chi connectivity index (χ3n) is 5.36. The van der Waals surface area contributed by atoms with E-state index in [2.05, 4.69) is 15.2 Å². The number of anilines is 2. The number of nitrogen functional groups attached to an aromatic ring is 1. The topological polar surface area (TPSA) is 85.5 Å². The molecule has 4 rings (SSSR count). The van der Waals surface area contributed by atoms with Crippen LogP contribution in [0.4, 0.5) is 11.8 Å². The molecule has 2 atom stereocenters. The molecule has 0 radical (unpaired) electrons. The van der Waals surface area contributed by atoms with E-state index in [-0.39, 0.29) is 0 Å². The number of rotatable bonds is 3. The Kier molecular flexibility index (Phi) is 4.25. The third-order valence-corrected chi connectivity index (χ3v) is 5.36. The molecule has 1 saturated carbocycles. The Morgan fingerprint density at radius 3 is 2.68 bits per heavy atom. The fourth-order valence-corrected chi connectivity index (χ4v) is 4.10. The number of nitrogens with one attached hydrogen (secondary N) is 1. The molecule has 7 heteroatoms. The summed E-state index contributed by atoms with van der Waals surface area (Å²) in [5.41, 5.74) is 7.04. The average molecular weight is 343 g/mol. The van der Waals surface area contributed by atoms with Crippen LogP contribution in [0.5, 0.6) is 11.5 Å². The number of fused-ring (bicyclic) bond motifs is 2. The molecule has 25 heavy (non-hydrogen) atoms. The normalized spacial score (nSPS) is 23.4. The highest BCUT2D eigenvalue weighted by Crippen LogP contribution is 2.35. The molecule has 7 nitrogen and oxygen atoms in total. The molecule has 1 aliphatic carbocycles. The van der Waals surface area contributed by atoms with Crippen molar-refractivity contribution in [1.29, 1.82) is 0 Å². The van der Waals surface area contributed by atoms with Gasteiger partial charge in [-0.1, -0.05) is 12.8 Å². The fourth-order valence-electron chi connectivity index (χ4n) is 4.10. The van der Waals surface area contributed by atoms with Gasteiger partial charge in [0, 0.05) is 36.6 Å². The molecule has 0 bridgehead atoms. The van der Waals surface area contributed by atoms with Gasteiger partial charge in [0.15, 0.2) is 11.5 Å². The van der Waals surface area contributed by atoms with Crippen molar-refractivity contribution >= 4 is 22.7 Å². The largest absolute Gasteiger partial charge is 0.493 e. The molecule has 2 aromatic rings. The molecule has 134 valence electrons. The average Bonchev–Trinajstić information content (AvgIpc) is 2.66. The van der Waals surface area contributed by atoms with Crippen LogP contribution in [0, 0.1) is 0 Å². The minimum Gasteiger partial charge on any atom is -0.493 e. The third kappa shape index (κ3) is 2.82. The molecule has 2 fully saturated rings. The second-order valence-corrected chi connectivity index (χ2v) is 6.74. The lowest BCUT2D eigenvalue weighted by Crippen LogP contribution is -2.59. The number of piperazine rings is 1. The van der Waals surface area contributed by atoms with Gasteiger partial charge in [0.05, 0.1) is 19.7 Å². The van der Waals surface area contributed by atoms with E-state index in [0.29, 0.717) is 29.4 Å². The minimum absolute atomic E-state index is 0.444. The number of benzene rings is 1. The van der Waals surface area contributed by atoms with Gasteiger partial charge >= 0.3 is 0 Å². The molecule has 1 aliphatic heterocycles. The van der Waals surface area contributed by atoms with Crippen LogP contribution in [-0.2, 0) is 0 Å². The zero-order chi connectivity index (χ0) is 17.4. The number of nitrogens with zero attached hydrogens (tertiary/aromatic N) is 3. The minimum atomic E-state index is 0.444. The standard InChI is InChI=1S/C18H25N5O2/c1-24-15-9-11-13(10-16(15)25-2)21-18(22-17(11)19)23-8-7-20-12-5-3-4-6-14(12)23/h9-10,12,14,20H,3-8H2,1-2H3,(H2,19,21,22)/t12-,14-/m0/s1. The van der Waals surface area contributed by atoms with Crippen LogP contribution in [0.2, 0.25) is 0 Å². The molecule has 0 spiro atoms. The Bertz CT molecular complexity index is 780. The summed E-state index contributed by atoms with van der Waals surface area (Å²) in [4.78, 5) is 11.7.